The van der Waals surface area contributed by atoms with Gasteiger partial charge in [0, 0.05) is 26.2 Å². The van der Waals surface area contributed by atoms with E-state index in [0.29, 0.717) is 13.1 Å². The van der Waals surface area contributed by atoms with E-state index >= 15 is 0 Å². The summed E-state index contributed by atoms with van der Waals surface area (Å²) in [4.78, 5) is 27.2. The highest BCUT2D eigenvalue weighted by molar-refractivity contribution is 5.81. The van der Waals surface area contributed by atoms with Gasteiger partial charge in [-0.05, 0) is 40.5 Å². The van der Waals surface area contributed by atoms with Crippen molar-refractivity contribution in [2.45, 2.75) is 58.2 Å². The summed E-state index contributed by atoms with van der Waals surface area (Å²) in [6, 6.07) is -0.350. The zero-order valence-electron chi connectivity index (χ0n) is 13.2. The maximum atomic E-state index is 12.0. The van der Waals surface area contributed by atoms with Crippen molar-refractivity contribution in [3.05, 3.63) is 0 Å². The van der Waals surface area contributed by atoms with Gasteiger partial charge in [-0.2, -0.15) is 0 Å². The number of rotatable bonds is 2. The van der Waals surface area contributed by atoms with Crippen molar-refractivity contribution in [1.29, 1.82) is 0 Å². The van der Waals surface area contributed by atoms with Crippen LogP contribution in [-0.4, -0.2) is 59.6 Å². The predicted molar refractivity (Wildman–Crippen MR) is 77.2 cm³/mol. The fourth-order valence-electron chi connectivity index (χ4n) is 2.24. The van der Waals surface area contributed by atoms with Gasteiger partial charge in [0.25, 0.3) is 0 Å². The van der Waals surface area contributed by atoms with Gasteiger partial charge in [-0.3, -0.25) is 4.79 Å². The molecular formula is C14H27N3O3. The molecule has 1 fully saturated rings. The van der Waals surface area contributed by atoms with E-state index in [1.807, 2.05) is 20.8 Å². The van der Waals surface area contributed by atoms with Crippen LogP contribution in [0.5, 0.6) is 0 Å². The van der Waals surface area contributed by atoms with Crippen LogP contribution in [0.4, 0.5) is 4.79 Å². The Morgan fingerprint density at radius 3 is 2.20 bits per heavy atom. The van der Waals surface area contributed by atoms with Crippen LogP contribution >= 0.6 is 0 Å². The standard InChI is InChI=1S/C14H27N3O3/c1-10(15)12(18)17-8-6-11(7-9-17)16(5)13(19)20-14(2,3)4/h10-11H,6-9,15H2,1-5H3/t10-/m0/s1. The molecule has 0 aromatic rings. The Labute approximate surface area is 121 Å². The first-order chi connectivity index (χ1) is 9.11. The molecule has 2 N–H and O–H groups in total. The quantitative estimate of drug-likeness (QED) is 0.827. The Bertz CT molecular complexity index is 355. The number of hydrogen-bond donors (Lipinski definition) is 1. The molecule has 0 bridgehead atoms. The second-order valence-corrected chi connectivity index (χ2v) is 6.44. The lowest BCUT2D eigenvalue weighted by Gasteiger charge is -2.37. The highest BCUT2D eigenvalue weighted by Crippen LogP contribution is 2.18. The van der Waals surface area contributed by atoms with E-state index in [-0.39, 0.29) is 18.0 Å². The molecule has 1 saturated heterocycles. The van der Waals surface area contributed by atoms with Crippen LogP contribution in [0.25, 0.3) is 0 Å². The van der Waals surface area contributed by atoms with Crippen molar-refractivity contribution < 1.29 is 14.3 Å². The van der Waals surface area contributed by atoms with Crippen LogP contribution in [0, 0.1) is 0 Å². The number of nitrogens with zero attached hydrogens (tertiary/aromatic N) is 2. The number of carbonyl (C=O) groups excluding carboxylic acids is 2. The van der Waals surface area contributed by atoms with E-state index in [1.54, 1.807) is 23.8 Å². The number of amides is 2. The lowest BCUT2D eigenvalue weighted by molar-refractivity contribution is -0.133. The fraction of sp³-hybridized carbons (Fsp3) is 0.857. The van der Waals surface area contributed by atoms with Crippen molar-refractivity contribution >= 4 is 12.0 Å². The molecule has 1 aliphatic rings. The summed E-state index contributed by atoms with van der Waals surface area (Å²) in [6.07, 6.45) is 1.21. The van der Waals surface area contributed by atoms with Crippen LogP contribution in [0.2, 0.25) is 0 Å². The van der Waals surface area contributed by atoms with E-state index in [2.05, 4.69) is 0 Å². The lowest BCUT2D eigenvalue weighted by Crippen LogP contribution is -2.51. The molecule has 0 unspecified atom stereocenters. The summed E-state index contributed by atoms with van der Waals surface area (Å²) in [5, 5.41) is 0. The number of piperidine rings is 1. The smallest absolute Gasteiger partial charge is 0.410 e. The number of likely N-dealkylation sites (tertiary alicyclic amines) is 1. The predicted octanol–water partition coefficient (Wildman–Crippen LogP) is 1.19. The van der Waals surface area contributed by atoms with Crippen molar-refractivity contribution in [1.82, 2.24) is 9.80 Å². The number of hydrogen-bond acceptors (Lipinski definition) is 4. The molecule has 0 spiro atoms. The third kappa shape index (κ3) is 4.67. The minimum atomic E-state index is -0.489. The minimum Gasteiger partial charge on any atom is -0.444 e. The van der Waals surface area contributed by atoms with Gasteiger partial charge < -0.3 is 20.3 Å². The molecule has 0 aromatic carbocycles. The molecule has 0 radical (unpaired) electrons. The number of nitrogens with two attached hydrogens (primary N) is 1. The van der Waals surface area contributed by atoms with Gasteiger partial charge in [-0.1, -0.05) is 0 Å². The summed E-state index contributed by atoms with van der Waals surface area (Å²) in [6.45, 7) is 8.52. The topological polar surface area (TPSA) is 75.9 Å². The Balaban J connectivity index is 2.49. The molecule has 0 saturated carbocycles. The van der Waals surface area contributed by atoms with Gasteiger partial charge >= 0.3 is 6.09 Å². The van der Waals surface area contributed by atoms with Crippen LogP contribution in [0.15, 0.2) is 0 Å². The second kappa shape index (κ2) is 6.43. The van der Waals surface area contributed by atoms with Gasteiger partial charge in [-0.25, -0.2) is 4.79 Å². The molecule has 20 heavy (non-hydrogen) atoms. The maximum Gasteiger partial charge on any atom is 0.410 e. The summed E-state index contributed by atoms with van der Waals surface area (Å²) in [5.41, 5.74) is 5.11. The first kappa shape index (κ1) is 16.8. The third-order valence-electron chi connectivity index (χ3n) is 3.39. The number of ether oxygens (including phenoxy) is 1. The molecule has 1 heterocycles. The molecule has 1 atom stereocenters. The Morgan fingerprint density at radius 1 is 1.30 bits per heavy atom. The average molecular weight is 285 g/mol. The van der Waals surface area contributed by atoms with Crippen LogP contribution in [0.1, 0.15) is 40.5 Å². The van der Waals surface area contributed by atoms with E-state index in [1.165, 1.54) is 0 Å². The minimum absolute atomic E-state index is 0.0247. The molecular weight excluding hydrogens is 258 g/mol. The van der Waals surface area contributed by atoms with E-state index in [9.17, 15) is 9.59 Å². The Morgan fingerprint density at radius 2 is 1.80 bits per heavy atom. The first-order valence-corrected chi connectivity index (χ1v) is 7.12. The summed E-state index contributed by atoms with van der Waals surface area (Å²) < 4.78 is 5.35. The average Bonchev–Trinajstić information content (AvgIpc) is 2.35. The zero-order valence-corrected chi connectivity index (χ0v) is 13.2. The van der Waals surface area contributed by atoms with E-state index in [4.69, 9.17) is 10.5 Å². The molecule has 0 aliphatic carbocycles. The summed E-state index contributed by atoms with van der Waals surface area (Å²) in [5.74, 6) is -0.0247. The third-order valence-corrected chi connectivity index (χ3v) is 3.39. The molecule has 2 amide bonds. The van der Waals surface area contributed by atoms with Crippen molar-refractivity contribution in [2.24, 2.45) is 5.73 Å². The number of carbonyl (C=O) groups is 2. The second-order valence-electron chi connectivity index (χ2n) is 6.44. The van der Waals surface area contributed by atoms with Crippen molar-refractivity contribution in [2.75, 3.05) is 20.1 Å². The van der Waals surface area contributed by atoms with Crippen LogP contribution < -0.4 is 5.73 Å². The first-order valence-electron chi connectivity index (χ1n) is 7.12. The van der Waals surface area contributed by atoms with Gasteiger partial charge in [0.2, 0.25) is 5.91 Å². The van der Waals surface area contributed by atoms with Gasteiger partial charge in [0.1, 0.15) is 5.60 Å². The van der Waals surface area contributed by atoms with Gasteiger partial charge in [-0.15, -0.1) is 0 Å². The largest absolute Gasteiger partial charge is 0.444 e. The lowest BCUT2D eigenvalue weighted by atomic mass is 10.0. The van der Waals surface area contributed by atoms with Gasteiger partial charge in [0.15, 0.2) is 0 Å². The van der Waals surface area contributed by atoms with Crippen LogP contribution in [0.3, 0.4) is 0 Å². The van der Waals surface area contributed by atoms with Crippen LogP contribution in [-0.2, 0) is 9.53 Å². The molecule has 1 rings (SSSR count). The monoisotopic (exact) mass is 285 g/mol. The Hall–Kier alpha value is -1.30. The maximum absolute atomic E-state index is 12.0. The highest BCUT2D eigenvalue weighted by atomic mass is 16.6. The van der Waals surface area contributed by atoms with Gasteiger partial charge in [0.05, 0.1) is 6.04 Å². The molecule has 6 nitrogen and oxygen atoms in total. The summed E-state index contributed by atoms with van der Waals surface area (Å²) >= 11 is 0. The van der Waals surface area contributed by atoms with E-state index in [0.717, 1.165) is 12.8 Å². The van der Waals surface area contributed by atoms with Crippen molar-refractivity contribution in [3.8, 4) is 0 Å². The molecule has 0 aromatic heterocycles. The highest BCUT2D eigenvalue weighted by Gasteiger charge is 2.30. The zero-order chi connectivity index (χ0) is 15.5. The molecule has 1 aliphatic heterocycles. The normalized spacial score (nSPS) is 18.6. The SMILES string of the molecule is C[C@H](N)C(=O)N1CCC(N(C)C(=O)OC(C)(C)C)CC1. The van der Waals surface area contributed by atoms with Crippen molar-refractivity contribution in [3.63, 3.8) is 0 Å². The fourth-order valence-corrected chi connectivity index (χ4v) is 2.24. The van der Waals surface area contributed by atoms with E-state index < -0.39 is 11.6 Å². The molecule has 6 heteroatoms. The Kier molecular flexibility index (Phi) is 5.39. The summed E-state index contributed by atoms with van der Waals surface area (Å²) in [7, 11) is 1.75. The molecule has 116 valence electrons.